The quantitative estimate of drug-likeness (QED) is 0.839. The van der Waals surface area contributed by atoms with Crippen molar-refractivity contribution < 1.29 is 9.53 Å². The number of amides is 1. The number of nitrogens with one attached hydrogen (secondary N) is 1. The largest absolute Gasteiger partial charge is 0.374 e. The molecule has 1 aromatic carbocycles. The van der Waals surface area contributed by atoms with Crippen molar-refractivity contribution >= 4 is 5.91 Å². The number of benzene rings is 1. The molecule has 1 unspecified atom stereocenters. The van der Waals surface area contributed by atoms with Crippen LogP contribution in [0.4, 0.5) is 0 Å². The summed E-state index contributed by atoms with van der Waals surface area (Å²) in [6.45, 7) is 3.05. The Bertz CT molecular complexity index is 361. The molecule has 1 heterocycles. The predicted molar refractivity (Wildman–Crippen MR) is 66.0 cm³/mol. The van der Waals surface area contributed by atoms with Crippen LogP contribution in [0.2, 0.25) is 0 Å². The number of carbonyl (C=O) groups is 1. The second kappa shape index (κ2) is 5.80. The third-order valence-electron chi connectivity index (χ3n) is 2.85. The maximum absolute atomic E-state index is 12.1. The van der Waals surface area contributed by atoms with Crippen molar-refractivity contribution in [2.75, 3.05) is 33.3 Å². The van der Waals surface area contributed by atoms with E-state index >= 15 is 0 Å². The van der Waals surface area contributed by atoms with Crippen LogP contribution in [0.25, 0.3) is 0 Å². The average Bonchev–Trinajstić information content (AvgIpc) is 2.40. The van der Waals surface area contributed by atoms with E-state index in [2.05, 4.69) is 5.32 Å². The third-order valence-corrected chi connectivity index (χ3v) is 2.85. The fourth-order valence-electron chi connectivity index (χ4n) is 1.93. The molecule has 0 bridgehead atoms. The van der Waals surface area contributed by atoms with Crippen molar-refractivity contribution in [3.05, 3.63) is 35.9 Å². The first-order valence-electron chi connectivity index (χ1n) is 5.90. The Morgan fingerprint density at radius 1 is 1.47 bits per heavy atom. The molecule has 2 rings (SSSR count). The zero-order valence-electron chi connectivity index (χ0n) is 10.1. The molecule has 1 N–H and O–H groups in total. The molecule has 0 radical (unpaired) electrons. The lowest BCUT2D eigenvalue weighted by atomic mass is 10.2. The summed E-state index contributed by atoms with van der Waals surface area (Å²) in [5, 5.41) is 3.26. The summed E-state index contributed by atoms with van der Waals surface area (Å²) in [6, 6.07) is 9.32. The Labute approximate surface area is 102 Å². The van der Waals surface area contributed by atoms with Gasteiger partial charge in [0.25, 0.3) is 5.91 Å². The van der Waals surface area contributed by atoms with Gasteiger partial charge in [0.15, 0.2) is 0 Å². The first kappa shape index (κ1) is 12.1. The number of carbonyl (C=O) groups excluding carboxylic acids is 1. The smallest absolute Gasteiger partial charge is 0.253 e. The summed E-state index contributed by atoms with van der Waals surface area (Å²) in [5.41, 5.74) is 0.721. The van der Waals surface area contributed by atoms with Gasteiger partial charge in [-0.2, -0.15) is 0 Å². The average molecular weight is 234 g/mol. The first-order chi connectivity index (χ1) is 8.27. The van der Waals surface area contributed by atoms with Crippen molar-refractivity contribution in [1.82, 2.24) is 10.2 Å². The topological polar surface area (TPSA) is 41.6 Å². The van der Waals surface area contributed by atoms with Crippen LogP contribution in [-0.2, 0) is 4.74 Å². The minimum absolute atomic E-state index is 0.0415. The van der Waals surface area contributed by atoms with Crippen LogP contribution in [0.5, 0.6) is 0 Å². The molecular weight excluding hydrogens is 216 g/mol. The van der Waals surface area contributed by atoms with Crippen molar-refractivity contribution in [2.45, 2.75) is 6.10 Å². The zero-order chi connectivity index (χ0) is 12.1. The molecule has 1 atom stereocenters. The molecule has 1 aliphatic heterocycles. The van der Waals surface area contributed by atoms with Crippen LogP contribution in [0, 0.1) is 0 Å². The van der Waals surface area contributed by atoms with Gasteiger partial charge in [0.1, 0.15) is 0 Å². The molecule has 92 valence electrons. The molecule has 1 aromatic rings. The Morgan fingerprint density at radius 3 is 2.88 bits per heavy atom. The summed E-state index contributed by atoms with van der Waals surface area (Å²) < 4.78 is 5.58. The molecule has 0 spiro atoms. The summed E-state index contributed by atoms with van der Waals surface area (Å²) >= 11 is 0. The van der Waals surface area contributed by atoms with Gasteiger partial charge in [0.05, 0.1) is 12.7 Å². The number of nitrogens with zero attached hydrogens (tertiary/aromatic N) is 1. The Morgan fingerprint density at radius 2 is 2.24 bits per heavy atom. The predicted octanol–water partition coefficient (Wildman–Crippen LogP) is 0.747. The van der Waals surface area contributed by atoms with Gasteiger partial charge in [-0.05, 0) is 12.1 Å². The van der Waals surface area contributed by atoms with Gasteiger partial charge in [0, 0.05) is 32.2 Å². The SMILES string of the molecule is CN(CC1CNCCO1)C(=O)c1ccccc1. The fourth-order valence-corrected chi connectivity index (χ4v) is 1.93. The lowest BCUT2D eigenvalue weighted by Crippen LogP contribution is -2.45. The lowest BCUT2D eigenvalue weighted by molar-refractivity contribution is 0.0104. The Kier molecular flexibility index (Phi) is 4.12. The molecule has 0 aromatic heterocycles. The van der Waals surface area contributed by atoms with Gasteiger partial charge in [-0.1, -0.05) is 18.2 Å². The van der Waals surface area contributed by atoms with E-state index in [1.165, 1.54) is 0 Å². The summed E-state index contributed by atoms with van der Waals surface area (Å²) in [6.07, 6.45) is 0.0985. The molecule has 1 fully saturated rings. The van der Waals surface area contributed by atoms with E-state index < -0.39 is 0 Å². The lowest BCUT2D eigenvalue weighted by Gasteiger charge is -2.28. The van der Waals surface area contributed by atoms with Crippen LogP contribution in [0.3, 0.4) is 0 Å². The first-order valence-corrected chi connectivity index (χ1v) is 5.90. The molecule has 4 nitrogen and oxygen atoms in total. The van der Waals surface area contributed by atoms with E-state index in [-0.39, 0.29) is 12.0 Å². The third kappa shape index (κ3) is 3.28. The molecule has 0 aliphatic carbocycles. The van der Waals surface area contributed by atoms with Crippen LogP contribution >= 0.6 is 0 Å². The zero-order valence-corrected chi connectivity index (χ0v) is 10.1. The second-order valence-electron chi connectivity index (χ2n) is 4.25. The van der Waals surface area contributed by atoms with Crippen LogP contribution < -0.4 is 5.32 Å². The highest BCUT2D eigenvalue weighted by Crippen LogP contribution is 2.05. The number of hydrogen-bond donors (Lipinski definition) is 1. The van der Waals surface area contributed by atoms with Gasteiger partial charge in [0.2, 0.25) is 0 Å². The molecule has 17 heavy (non-hydrogen) atoms. The summed E-state index contributed by atoms with van der Waals surface area (Å²) in [5.74, 6) is 0.0415. The summed E-state index contributed by atoms with van der Waals surface area (Å²) in [7, 11) is 1.81. The fraction of sp³-hybridized carbons (Fsp3) is 0.462. The van der Waals surface area contributed by atoms with Gasteiger partial charge < -0.3 is 15.0 Å². The number of rotatable bonds is 3. The molecule has 1 saturated heterocycles. The standard InChI is InChI=1S/C13H18N2O2/c1-15(10-12-9-14-7-8-17-12)13(16)11-5-3-2-4-6-11/h2-6,12,14H,7-10H2,1H3. The number of morpholine rings is 1. The van der Waals surface area contributed by atoms with Gasteiger partial charge in [-0.3, -0.25) is 4.79 Å². The monoisotopic (exact) mass is 234 g/mol. The normalized spacial score (nSPS) is 19.9. The van der Waals surface area contributed by atoms with E-state index in [0.29, 0.717) is 6.54 Å². The Balaban J connectivity index is 1.91. The number of hydrogen-bond acceptors (Lipinski definition) is 3. The van der Waals surface area contributed by atoms with Crippen molar-refractivity contribution in [3.63, 3.8) is 0 Å². The van der Waals surface area contributed by atoms with Gasteiger partial charge in [-0.25, -0.2) is 0 Å². The molecule has 1 amide bonds. The van der Waals surface area contributed by atoms with Gasteiger partial charge >= 0.3 is 0 Å². The second-order valence-corrected chi connectivity index (χ2v) is 4.25. The van der Waals surface area contributed by atoms with E-state index in [4.69, 9.17) is 4.74 Å². The molecular formula is C13H18N2O2. The maximum atomic E-state index is 12.1. The number of likely N-dealkylation sites (N-methyl/N-ethyl adjacent to an activating group) is 1. The Hall–Kier alpha value is -1.39. The highest BCUT2D eigenvalue weighted by Gasteiger charge is 2.19. The van der Waals surface area contributed by atoms with E-state index in [1.54, 1.807) is 4.90 Å². The van der Waals surface area contributed by atoms with Crippen molar-refractivity contribution in [3.8, 4) is 0 Å². The van der Waals surface area contributed by atoms with Gasteiger partial charge in [-0.15, -0.1) is 0 Å². The minimum atomic E-state index is 0.0415. The highest BCUT2D eigenvalue weighted by atomic mass is 16.5. The van der Waals surface area contributed by atoms with Crippen molar-refractivity contribution in [1.29, 1.82) is 0 Å². The van der Waals surface area contributed by atoms with E-state index in [9.17, 15) is 4.79 Å². The number of ether oxygens (including phenoxy) is 1. The van der Waals surface area contributed by atoms with Crippen molar-refractivity contribution in [2.24, 2.45) is 0 Å². The minimum Gasteiger partial charge on any atom is -0.374 e. The molecule has 0 saturated carbocycles. The summed E-state index contributed by atoms with van der Waals surface area (Å²) in [4.78, 5) is 13.8. The maximum Gasteiger partial charge on any atom is 0.253 e. The van der Waals surface area contributed by atoms with Crippen LogP contribution in [-0.4, -0.2) is 50.2 Å². The van der Waals surface area contributed by atoms with Crippen LogP contribution in [0.15, 0.2) is 30.3 Å². The van der Waals surface area contributed by atoms with E-state index in [0.717, 1.165) is 25.3 Å². The van der Waals surface area contributed by atoms with E-state index in [1.807, 2.05) is 37.4 Å². The van der Waals surface area contributed by atoms with Crippen LogP contribution in [0.1, 0.15) is 10.4 Å². The highest BCUT2D eigenvalue weighted by molar-refractivity contribution is 5.93. The molecule has 4 heteroatoms. The molecule has 1 aliphatic rings.